The molecule has 3 aromatic heterocycles. The zero-order chi connectivity index (χ0) is 13.0. The molecule has 0 radical (unpaired) electrons. The van der Waals surface area contributed by atoms with Gasteiger partial charge in [-0.25, -0.2) is 4.98 Å². The van der Waals surface area contributed by atoms with Gasteiger partial charge in [-0.1, -0.05) is 18.2 Å². The van der Waals surface area contributed by atoms with Crippen LogP contribution in [0.25, 0.3) is 32.8 Å². The molecule has 0 spiro atoms. The molecule has 1 aromatic carbocycles. The van der Waals surface area contributed by atoms with E-state index in [1.807, 2.05) is 48.0 Å². The Kier molecular flexibility index (Phi) is 1.87. The number of para-hydroxylation sites is 1. The molecule has 0 unspecified atom stereocenters. The zero-order valence-electron chi connectivity index (χ0n) is 10.3. The van der Waals surface area contributed by atoms with Gasteiger partial charge in [0.1, 0.15) is 11.2 Å². The minimum absolute atomic E-state index is 0.0973. The summed E-state index contributed by atoms with van der Waals surface area (Å²) in [5.41, 5.74) is 2.29. The molecule has 0 aliphatic carbocycles. The van der Waals surface area contributed by atoms with E-state index in [4.69, 9.17) is 0 Å². The number of hydrogen-bond acceptors (Lipinski definition) is 2. The molecule has 0 bridgehead atoms. The summed E-state index contributed by atoms with van der Waals surface area (Å²) in [6.07, 6.45) is 1.69. The molecule has 0 aliphatic rings. The topological polar surface area (TPSA) is 50.7 Å². The first-order valence-corrected chi connectivity index (χ1v) is 6.11. The van der Waals surface area contributed by atoms with Crippen molar-refractivity contribution in [2.45, 2.75) is 0 Å². The minimum atomic E-state index is -0.0973. The first kappa shape index (κ1) is 10.3. The summed E-state index contributed by atoms with van der Waals surface area (Å²) >= 11 is 0. The van der Waals surface area contributed by atoms with Crippen molar-refractivity contribution in [3.63, 3.8) is 0 Å². The maximum Gasteiger partial charge on any atom is 0.274 e. The third-order valence-electron chi connectivity index (χ3n) is 3.63. The zero-order valence-corrected chi connectivity index (χ0v) is 10.3. The molecule has 0 atom stereocenters. The Labute approximate surface area is 108 Å². The third kappa shape index (κ3) is 1.23. The molecule has 0 aliphatic heterocycles. The average molecular weight is 249 g/mol. The van der Waals surface area contributed by atoms with Gasteiger partial charge in [-0.15, -0.1) is 0 Å². The second-order valence-corrected chi connectivity index (χ2v) is 4.65. The Hall–Kier alpha value is -2.62. The van der Waals surface area contributed by atoms with E-state index in [9.17, 15) is 4.79 Å². The van der Waals surface area contributed by atoms with Crippen molar-refractivity contribution in [3.05, 3.63) is 52.9 Å². The predicted molar refractivity (Wildman–Crippen MR) is 76.3 cm³/mol. The highest BCUT2D eigenvalue weighted by Gasteiger charge is 2.14. The molecule has 4 nitrogen and oxygen atoms in total. The maximum atomic E-state index is 12.3. The number of nitrogens with zero attached hydrogens (tertiary/aromatic N) is 2. The van der Waals surface area contributed by atoms with Crippen LogP contribution in [0.4, 0.5) is 0 Å². The number of aromatic nitrogens is 3. The van der Waals surface area contributed by atoms with Crippen molar-refractivity contribution in [2.24, 2.45) is 7.05 Å². The van der Waals surface area contributed by atoms with Crippen LogP contribution in [0, 0.1) is 0 Å². The SMILES string of the molecule is Cn1c2ccccc2c2c3cccnc3[nH]c(=O)c21. The van der Waals surface area contributed by atoms with Gasteiger partial charge in [0.15, 0.2) is 0 Å². The third-order valence-corrected chi connectivity index (χ3v) is 3.63. The monoisotopic (exact) mass is 249 g/mol. The van der Waals surface area contributed by atoms with E-state index in [2.05, 4.69) is 9.97 Å². The number of hydrogen-bond donors (Lipinski definition) is 1. The number of fused-ring (bicyclic) bond motifs is 5. The molecule has 0 saturated carbocycles. The van der Waals surface area contributed by atoms with Crippen LogP contribution in [0.3, 0.4) is 0 Å². The van der Waals surface area contributed by atoms with E-state index in [1.165, 1.54) is 0 Å². The van der Waals surface area contributed by atoms with Crippen LogP contribution in [-0.2, 0) is 7.05 Å². The second kappa shape index (κ2) is 3.45. The molecule has 4 aromatic rings. The molecule has 0 amide bonds. The van der Waals surface area contributed by atoms with E-state index in [1.54, 1.807) is 6.20 Å². The van der Waals surface area contributed by atoms with Gasteiger partial charge < -0.3 is 9.55 Å². The van der Waals surface area contributed by atoms with Crippen LogP contribution in [0.15, 0.2) is 47.4 Å². The summed E-state index contributed by atoms with van der Waals surface area (Å²) < 4.78 is 1.94. The molecule has 92 valence electrons. The van der Waals surface area contributed by atoms with E-state index < -0.39 is 0 Å². The van der Waals surface area contributed by atoms with Crippen LogP contribution in [0.5, 0.6) is 0 Å². The summed E-state index contributed by atoms with van der Waals surface area (Å²) in [5.74, 6) is 0. The Morgan fingerprint density at radius 3 is 2.79 bits per heavy atom. The standard InChI is InChI=1S/C15H11N3O/c1-18-11-7-3-2-5-9(11)12-10-6-4-8-16-14(10)17-15(19)13(12)18/h2-8H,1H3,(H,16,17,19). The number of H-pyrrole nitrogens is 1. The summed E-state index contributed by atoms with van der Waals surface area (Å²) in [6.45, 7) is 0. The van der Waals surface area contributed by atoms with Gasteiger partial charge in [-0.2, -0.15) is 0 Å². The Morgan fingerprint density at radius 2 is 1.89 bits per heavy atom. The number of pyridine rings is 2. The highest BCUT2D eigenvalue weighted by Crippen LogP contribution is 2.30. The van der Waals surface area contributed by atoms with Crippen LogP contribution in [0.2, 0.25) is 0 Å². The number of aryl methyl sites for hydroxylation is 1. The number of aromatic amines is 1. The molecule has 0 saturated heterocycles. The van der Waals surface area contributed by atoms with Gasteiger partial charge in [0, 0.05) is 34.9 Å². The second-order valence-electron chi connectivity index (χ2n) is 4.65. The fourth-order valence-electron chi connectivity index (χ4n) is 2.81. The van der Waals surface area contributed by atoms with E-state index in [0.717, 1.165) is 21.7 Å². The fraction of sp³-hybridized carbons (Fsp3) is 0.0667. The molecule has 1 N–H and O–H groups in total. The van der Waals surface area contributed by atoms with Crippen LogP contribution >= 0.6 is 0 Å². The van der Waals surface area contributed by atoms with Crippen LogP contribution in [0.1, 0.15) is 0 Å². The highest BCUT2D eigenvalue weighted by atomic mass is 16.1. The lowest BCUT2D eigenvalue weighted by Gasteiger charge is -2.00. The molecular formula is C15H11N3O. The Morgan fingerprint density at radius 1 is 1.11 bits per heavy atom. The van der Waals surface area contributed by atoms with Crippen molar-refractivity contribution in [3.8, 4) is 0 Å². The van der Waals surface area contributed by atoms with Crippen molar-refractivity contribution >= 4 is 32.8 Å². The summed E-state index contributed by atoms with van der Waals surface area (Å²) in [7, 11) is 1.92. The summed E-state index contributed by atoms with van der Waals surface area (Å²) in [4.78, 5) is 19.4. The Balaban J connectivity index is 2.49. The predicted octanol–water partition coefficient (Wildman–Crippen LogP) is 2.57. The first-order chi connectivity index (χ1) is 9.27. The fourth-order valence-corrected chi connectivity index (χ4v) is 2.81. The van der Waals surface area contributed by atoms with E-state index in [0.29, 0.717) is 11.2 Å². The largest absolute Gasteiger partial charge is 0.339 e. The first-order valence-electron chi connectivity index (χ1n) is 6.11. The lowest BCUT2D eigenvalue weighted by molar-refractivity contribution is 1.00. The van der Waals surface area contributed by atoms with Crippen LogP contribution in [-0.4, -0.2) is 14.5 Å². The molecular weight excluding hydrogens is 238 g/mol. The quantitative estimate of drug-likeness (QED) is 0.520. The molecule has 4 rings (SSSR count). The summed E-state index contributed by atoms with van der Waals surface area (Å²) in [6, 6.07) is 11.9. The van der Waals surface area contributed by atoms with Crippen molar-refractivity contribution < 1.29 is 0 Å². The highest BCUT2D eigenvalue weighted by molar-refractivity contribution is 6.18. The Bertz CT molecular complexity index is 995. The van der Waals surface area contributed by atoms with E-state index >= 15 is 0 Å². The van der Waals surface area contributed by atoms with Crippen molar-refractivity contribution in [1.82, 2.24) is 14.5 Å². The molecule has 19 heavy (non-hydrogen) atoms. The molecule has 4 heteroatoms. The maximum absolute atomic E-state index is 12.3. The lowest BCUT2D eigenvalue weighted by Crippen LogP contribution is -2.09. The molecule has 0 fully saturated rings. The van der Waals surface area contributed by atoms with Crippen LogP contribution < -0.4 is 5.56 Å². The van der Waals surface area contributed by atoms with Gasteiger partial charge in [-0.3, -0.25) is 4.79 Å². The van der Waals surface area contributed by atoms with Crippen molar-refractivity contribution in [2.75, 3.05) is 0 Å². The van der Waals surface area contributed by atoms with Gasteiger partial charge in [-0.05, 0) is 18.2 Å². The van der Waals surface area contributed by atoms with Gasteiger partial charge in [0.05, 0.1) is 0 Å². The number of rotatable bonds is 0. The normalized spacial score (nSPS) is 11.6. The molecule has 3 heterocycles. The van der Waals surface area contributed by atoms with Gasteiger partial charge in [0.25, 0.3) is 5.56 Å². The number of nitrogens with one attached hydrogen (secondary N) is 1. The van der Waals surface area contributed by atoms with Gasteiger partial charge >= 0.3 is 0 Å². The average Bonchev–Trinajstić information content (AvgIpc) is 2.74. The minimum Gasteiger partial charge on any atom is -0.339 e. The lowest BCUT2D eigenvalue weighted by atomic mass is 10.1. The summed E-state index contributed by atoms with van der Waals surface area (Å²) in [5, 5.41) is 3.04. The van der Waals surface area contributed by atoms with E-state index in [-0.39, 0.29) is 5.56 Å². The van der Waals surface area contributed by atoms with Crippen molar-refractivity contribution in [1.29, 1.82) is 0 Å². The number of benzene rings is 1. The van der Waals surface area contributed by atoms with Gasteiger partial charge in [0.2, 0.25) is 0 Å². The smallest absolute Gasteiger partial charge is 0.274 e.